The van der Waals surface area contributed by atoms with Gasteiger partial charge in [-0.1, -0.05) is 6.07 Å². The zero-order chi connectivity index (χ0) is 15.5. The molecule has 0 aliphatic heterocycles. The number of hydrogen-bond donors (Lipinski definition) is 1. The Kier molecular flexibility index (Phi) is 4.54. The first kappa shape index (κ1) is 15.4. The minimum absolute atomic E-state index is 0.00766. The van der Waals surface area contributed by atoms with Gasteiger partial charge >= 0.3 is 0 Å². The van der Waals surface area contributed by atoms with E-state index in [1.165, 1.54) is 19.2 Å². The normalized spacial score (nSPS) is 12.9. The maximum atomic E-state index is 13.6. The Balaban J connectivity index is 2.24. The van der Waals surface area contributed by atoms with Crippen molar-refractivity contribution in [3.63, 3.8) is 0 Å². The van der Waals surface area contributed by atoms with Crippen LogP contribution in [-0.2, 0) is 10.0 Å². The van der Waals surface area contributed by atoms with E-state index in [-0.39, 0.29) is 10.6 Å². The molecular weight excluding hydrogens is 295 g/mol. The van der Waals surface area contributed by atoms with Gasteiger partial charge in [0.1, 0.15) is 0 Å². The topological polar surface area (TPSA) is 68.3 Å². The second-order valence-electron chi connectivity index (χ2n) is 4.39. The summed E-state index contributed by atoms with van der Waals surface area (Å²) in [6, 6.07) is 8.17. The highest BCUT2D eigenvalue weighted by Crippen LogP contribution is 2.22. The van der Waals surface area contributed by atoms with Crippen LogP contribution in [-0.4, -0.2) is 20.5 Å². The fourth-order valence-electron chi connectivity index (χ4n) is 1.81. The molecule has 0 radical (unpaired) electrons. The summed E-state index contributed by atoms with van der Waals surface area (Å²) in [5.41, 5.74) is 0.579. The largest absolute Gasteiger partial charge is 0.494 e. The van der Waals surface area contributed by atoms with E-state index in [1.54, 1.807) is 31.3 Å². The second kappa shape index (κ2) is 6.19. The summed E-state index contributed by atoms with van der Waals surface area (Å²) in [7, 11) is -2.53. The molecular formula is C14H15FN2O3S. The molecule has 112 valence electrons. The van der Waals surface area contributed by atoms with Crippen LogP contribution in [0.5, 0.6) is 5.75 Å². The highest BCUT2D eigenvalue weighted by molar-refractivity contribution is 7.89. The molecule has 2 rings (SSSR count). The van der Waals surface area contributed by atoms with Crippen molar-refractivity contribution in [2.45, 2.75) is 17.9 Å². The SMILES string of the molecule is COc1ccc(S(=O)(=O)N[C@H](C)c2ccccn2)cc1F. The van der Waals surface area contributed by atoms with E-state index in [1.807, 2.05) is 0 Å². The van der Waals surface area contributed by atoms with E-state index in [9.17, 15) is 12.8 Å². The van der Waals surface area contributed by atoms with Crippen molar-refractivity contribution in [3.05, 3.63) is 54.1 Å². The molecule has 0 unspecified atom stereocenters. The van der Waals surface area contributed by atoms with E-state index in [4.69, 9.17) is 4.74 Å². The fourth-order valence-corrected chi connectivity index (χ4v) is 3.04. The molecule has 0 bridgehead atoms. The number of nitrogens with zero attached hydrogens (tertiary/aromatic N) is 1. The number of pyridine rings is 1. The molecule has 0 fully saturated rings. The maximum absolute atomic E-state index is 13.6. The van der Waals surface area contributed by atoms with Gasteiger partial charge in [-0.2, -0.15) is 0 Å². The summed E-state index contributed by atoms with van der Waals surface area (Å²) in [5.74, 6) is -0.738. The Morgan fingerprint density at radius 2 is 2.05 bits per heavy atom. The number of sulfonamides is 1. The lowest BCUT2D eigenvalue weighted by molar-refractivity contribution is 0.385. The van der Waals surface area contributed by atoms with Gasteiger partial charge in [-0.25, -0.2) is 17.5 Å². The number of halogens is 1. The maximum Gasteiger partial charge on any atom is 0.241 e. The van der Waals surface area contributed by atoms with Crippen molar-refractivity contribution in [1.29, 1.82) is 0 Å². The van der Waals surface area contributed by atoms with Gasteiger partial charge in [0.05, 0.1) is 23.7 Å². The Morgan fingerprint density at radius 1 is 1.29 bits per heavy atom. The van der Waals surface area contributed by atoms with Gasteiger partial charge in [0.25, 0.3) is 0 Å². The highest BCUT2D eigenvalue weighted by Gasteiger charge is 2.20. The number of nitrogens with one attached hydrogen (secondary N) is 1. The van der Waals surface area contributed by atoms with Gasteiger partial charge in [0, 0.05) is 6.20 Å². The Bertz CT molecular complexity index is 720. The lowest BCUT2D eigenvalue weighted by Crippen LogP contribution is -2.27. The van der Waals surface area contributed by atoms with Crippen LogP contribution in [0.2, 0.25) is 0 Å². The highest BCUT2D eigenvalue weighted by atomic mass is 32.2. The molecule has 0 amide bonds. The summed E-state index contributed by atoms with van der Waals surface area (Å²) in [6.07, 6.45) is 1.58. The van der Waals surface area contributed by atoms with Gasteiger partial charge < -0.3 is 4.74 Å². The van der Waals surface area contributed by atoms with E-state index in [0.717, 1.165) is 6.07 Å². The molecule has 21 heavy (non-hydrogen) atoms. The van der Waals surface area contributed by atoms with Crippen LogP contribution in [0.15, 0.2) is 47.5 Å². The number of aromatic nitrogens is 1. The predicted molar refractivity (Wildman–Crippen MR) is 75.9 cm³/mol. The van der Waals surface area contributed by atoms with E-state index >= 15 is 0 Å². The Morgan fingerprint density at radius 3 is 2.62 bits per heavy atom. The minimum Gasteiger partial charge on any atom is -0.494 e. The van der Waals surface area contributed by atoms with Crippen molar-refractivity contribution >= 4 is 10.0 Å². The van der Waals surface area contributed by atoms with Crippen LogP contribution in [0.4, 0.5) is 4.39 Å². The molecule has 1 heterocycles. The first-order valence-corrected chi connectivity index (χ1v) is 7.69. The Labute approximate surface area is 122 Å². The molecule has 7 heteroatoms. The number of rotatable bonds is 5. The van der Waals surface area contributed by atoms with Gasteiger partial charge in [-0.05, 0) is 37.3 Å². The third-order valence-corrected chi connectivity index (χ3v) is 4.44. The molecule has 2 aromatic rings. The van der Waals surface area contributed by atoms with Crippen LogP contribution in [0.1, 0.15) is 18.7 Å². The zero-order valence-corrected chi connectivity index (χ0v) is 12.4. The summed E-state index contributed by atoms with van der Waals surface area (Å²) >= 11 is 0. The standard InChI is InChI=1S/C14H15FN2O3S/c1-10(13-5-3-4-8-16-13)17-21(18,19)11-6-7-14(20-2)12(15)9-11/h3-10,17H,1-2H3/t10-/m1/s1. The molecule has 1 aromatic carbocycles. The second-order valence-corrected chi connectivity index (χ2v) is 6.11. The minimum atomic E-state index is -3.84. The average Bonchev–Trinajstić information content (AvgIpc) is 2.47. The van der Waals surface area contributed by atoms with Crippen molar-refractivity contribution in [2.75, 3.05) is 7.11 Å². The predicted octanol–water partition coefficient (Wildman–Crippen LogP) is 2.27. The number of methoxy groups -OCH3 is 1. The van der Waals surface area contributed by atoms with Gasteiger partial charge in [-0.15, -0.1) is 0 Å². The van der Waals surface area contributed by atoms with Crippen LogP contribution >= 0.6 is 0 Å². The molecule has 1 aromatic heterocycles. The lowest BCUT2D eigenvalue weighted by atomic mass is 10.2. The van der Waals surface area contributed by atoms with Crippen LogP contribution < -0.4 is 9.46 Å². The first-order chi connectivity index (χ1) is 9.94. The third-order valence-electron chi connectivity index (χ3n) is 2.90. The molecule has 0 saturated carbocycles. The number of ether oxygens (including phenoxy) is 1. The molecule has 0 saturated heterocycles. The van der Waals surface area contributed by atoms with Gasteiger partial charge in [-0.3, -0.25) is 4.98 Å². The molecule has 1 atom stereocenters. The monoisotopic (exact) mass is 310 g/mol. The van der Waals surface area contributed by atoms with Crippen LogP contribution in [0, 0.1) is 5.82 Å². The number of hydrogen-bond acceptors (Lipinski definition) is 4. The third kappa shape index (κ3) is 3.56. The number of benzene rings is 1. The van der Waals surface area contributed by atoms with Crippen LogP contribution in [0.25, 0.3) is 0 Å². The lowest BCUT2D eigenvalue weighted by Gasteiger charge is -2.14. The van der Waals surface area contributed by atoms with Crippen molar-refractivity contribution in [1.82, 2.24) is 9.71 Å². The fraction of sp³-hybridized carbons (Fsp3) is 0.214. The molecule has 1 N–H and O–H groups in total. The van der Waals surface area contributed by atoms with Crippen molar-refractivity contribution < 1.29 is 17.5 Å². The molecule has 5 nitrogen and oxygen atoms in total. The van der Waals surface area contributed by atoms with Crippen LogP contribution in [0.3, 0.4) is 0 Å². The Hall–Kier alpha value is -1.99. The van der Waals surface area contributed by atoms with Gasteiger partial charge in [0.15, 0.2) is 11.6 Å². The summed E-state index contributed by atoms with van der Waals surface area (Å²) in [5, 5.41) is 0. The quantitative estimate of drug-likeness (QED) is 0.920. The van der Waals surface area contributed by atoms with E-state index < -0.39 is 21.9 Å². The first-order valence-electron chi connectivity index (χ1n) is 6.21. The van der Waals surface area contributed by atoms with Crippen molar-refractivity contribution in [3.8, 4) is 5.75 Å². The average molecular weight is 310 g/mol. The molecule has 0 spiro atoms. The molecule has 0 aliphatic rings. The zero-order valence-electron chi connectivity index (χ0n) is 11.6. The summed E-state index contributed by atoms with van der Waals surface area (Å²) < 4.78 is 45.3. The van der Waals surface area contributed by atoms with E-state index in [2.05, 4.69) is 9.71 Å². The van der Waals surface area contributed by atoms with E-state index in [0.29, 0.717) is 5.69 Å². The van der Waals surface area contributed by atoms with Gasteiger partial charge in [0.2, 0.25) is 10.0 Å². The summed E-state index contributed by atoms with van der Waals surface area (Å²) in [4.78, 5) is 3.92. The smallest absolute Gasteiger partial charge is 0.241 e. The molecule has 0 aliphatic carbocycles. The van der Waals surface area contributed by atoms with Crippen molar-refractivity contribution in [2.24, 2.45) is 0 Å². The summed E-state index contributed by atoms with van der Waals surface area (Å²) in [6.45, 7) is 1.67.